The van der Waals surface area contributed by atoms with Gasteiger partial charge in [0.1, 0.15) is 12.4 Å². The normalized spacial score (nSPS) is 14.9. The van der Waals surface area contributed by atoms with E-state index in [-0.39, 0.29) is 21.6 Å². The van der Waals surface area contributed by atoms with Crippen molar-refractivity contribution in [2.24, 2.45) is 0 Å². The van der Waals surface area contributed by atoms with Crippen LogP contribution in [0, 0.1) is 5.82 Å². The molecule has 2 aromatic carbocycles. The van der Waals surface area contributed by atoms with Crippen LogP contribution in [0.4, 0.5) is 10.1 Å². The van der Waals surface area contributed by atoms with Crippen molar-refractivity contribution in [1.82, 2.24) is 5.32 Å². The first-order chi connectivity index (χ1) is 12.9. The summed E-state index contributed by atoms with van der Waals surface area (Å²) in [6.45, 7) is -0.407. The highest BCUT2D eigenvalue weighted by atomic mass is 35.5. The van der Waals surface area contributed by atoms with Crippen LogP contribution in [-0.2, 0) is 14.8 Å². The lowest BCUT2D eigenvalue weighted by Crippen LogP contribution is -2.43. The number of nitrogens with one attached hydrogen (secondary N) is 1. The lowest BCUT2D eigenvalue weighted by Gasteiger charge is -2.25. The van der Waals surface area contributed by atoms with Gasteiger partial charge in [-0.1, -0.05) is 42.6 Å². The third-order valence-electron chi connectivity index (χ3n) is 4.53. The van der Waals surface area contributed by atoms with Crippen LogP contribution in [0.15, 0.2) is 53.4 Å². The predicted octanol–water partition coefficient (Wildman–Crippen LogP) is 3.73. The number of hydrogen-bond donors (Lipinski definition) is 1. The van der Waals surface area contributed by atoms with Crippen LogP contribution >= 0.6 is 11.6 Å². The molecule has 1 aliphatic carbocycles. The number of carbonyl (C=O) groups excluding carboxylic acids is 1. The monoisotopic (exact) mass is 410 g/mol. The molecule has 0 saturated heterocycles. The maximum absolute atomic E-state index is 13.5. The van der Waals surface area contributed by atoms with Crippen molar-refractivity contribution >= 4 is 33.2 Å². The van der Waals surface area contributed by atoms with Crippen molar-refractivity contribution in [3.8, 4) is 0 Å². The number of sulfonamides is 1. The maximum atomic E-state index is 13.5. The van der Waals surface area contributed by atoms with Gasteiger partial charge in [0, 0.05) is 6.04 Å². The highest BCUT2D eigenvalue weighted by molar-refractivity contribution is 7.92. The van der Waals surface area contributed by atoms with Crippen LogP contribution in [0.2, 0.25) is 5.02 Å². The smallest absolute Gasteiger partial charge is 0.264 e. The summed E-state index contributed by atoms with van der Waals surface area (Å²) in [5.41, 5.74) is 0.131. The molecule has 3 rings (SSSR count). The van der Waals surface area contributed by atoms with E-state index in [1.54, 1.807) is 18.2 Å². The summed E-state index contributed by atoms with van der Waals surface area (Å²) in [6.07, 6.45) is 3.87. The van der Waals surface area contributed by atoms with E-state index in [0.29, 0.717) is 0 Å². The van der Waals surface area contributed by atoms with Crippen LogP contribution in [-0.4, -0.2) is 26.9 Å². The number of nitrogens with zero attached hydrogens (tertiary/aromatic N) is 1. The Morgan fingerprint density at radius 2 is 1.81 bits per heavy atom. The molecular weight excluding hydrogens is 391 g/mol. The number of amides is 1. The number of anilines is 1. The van der Waals surface area contributed by atoms with E-state index >= 15 is 0 Å². The van der Waals surface area contributed by atoms with Gasteiger partial charge in [-0.25, -0.2) is 12.8 Å². The van der Waals surface area contributed by atoms with Gasteiger partial charge in [-0.05, 0) is 43.2 Å². The summed E-state index contributed by atoms with van der Waals surface area (Å²) in [6, 6.07) is 11.4. The molecule has 0 aliphatic heterocycles. The summed E-state index contributed by atoms with van der Waals surface area (Å²) in [5.74, 6) is -1.06. The molecule has 0 radical (unpaired) electrons. The largest absolute Gasteiger partial charge is 0.352 e. The Labute approximate surface area is 163 Å². The van der Waals surface area contributed by atoms with Gasteiger partial charge in [0.15, 0.2) is 0 Å². The zero-order valence-corrected chi connectivity index (χ0v) is 16.1. The summed E-state index contributed by atoms with van der Waals surface area (Å²) in [7, 11) is -4.02. The van der Waals surface area contributed by atoms with E-state index < -0.39 is 28.3 Å². The zero-order valence-electron chi connectivity index (χ0n) is 14.6. The van der Waals surface area contributed by atoms with Gasteiger partial charge in [-0.15, -0.1) is 0 Å². The topological polar surface area (TPSA) is 66.5 Å². The van der Waals surface area contributed by atoms with Crippen molar-refractivity contribution in [3.05, 3.63) is 59.4 Å². The first-order valence-electron chi connectivity index (χ1n) is 8.70. The first kappa shape index (κ1) is 19.6. The second-order valence-electron chi connectivity index (χ2n) is 6.47. The van der Waals surface area contributed by atoms with Crippen molar-refractivity contribution in [2.75, 3.05) is 10.8 Å². The molecule has 1 amide bonds. The molecule has 0 bridgehead atoms. The number of carbonyl (C=O) groups is 1. The second-order valence-corrected chi connectivity index (χ2v) is 8.74. The molecular formula is C19H20ClFN2O3S. The minimum Gasteiger partial charge on any atom is -0.352 e. The fourth-order valence-corrected chi connectivity index (χ4v) is 4.76. The van der Waals surface area contributed by atoms with Gasteiger partial charge in [0.05, 0.1) is 15.6 Å². The van der Waals surface area contributed by atoms with Crippen LogP contribution in [0.1, 0.15) is 25.7 Å². The average molecular weight is 411 g/mol. The summed E-state index contributed by atoms with van der Waals surface area (Å²) in [4.78, 5) is 12.5. The third kappa shape index (κ3) is 4.59. The van der Waals surface area contributed by atoms with Gasteiger partial charge in [0.2, 0.25) is 5.91 Å². The number of rotatable bonds is 6. The second kappa shape index (κ2) is 8.27. The van der Waals surface area contributed by atoms with E-state index in [1.807, 2.05) is 0 Å². The number of hydrogen-bond acceptors (Lipinski definition) is 3. The fraction of sp³-hybridized carbons (Fsp3) is 0.316. The van der Waals surface area contributed by atoms with Gasteiger partial charge in [0.25, 0.3) is 10.0 Å². The molecule has 0 atom stereocenters. The van der Waals surface area contributed by atoms with E-state index in [4.69, 9.17) is 11.6 Å². The average Bonchev–Trinajstić information content (AvgIpc) is 3.15. The van der Waals surface area contributed by atoms with Gasteiger partial charge >= 0.3 is 0 Å². The van der Waals surface area contributed by atoms with Gasteiger partial charge in [-0.3, -0.25) is 9.10 Å². The molecule has 1 saturated carbocycles. The number of benzene rings is 2. The maximum Gasteiger partial charge on any atom is 0.264 e. The number of halogens is 2. The SMILES string of the molecule is O=C(CN(c1ccc(F)c(Cl)c1)S(=O)(=O)c1ccccc1)NC1CCCC1. The van der Waals surface area contributed by atoms with Crippen molar-refractivity contribution in [2.45, 2.75) is 36.6 Å². The summed E-state index contributed by atoms with van der Waals surface area (Å²) < 4.78 is 40.7. The standard InChI is InChI=1S/C19H20ClFN2O3S/c20-17-12-15(10-11-18(17)21)23(13-19(24)22-14-6-4-5-7-14)27(25,26)16-8-2-1-3-9-16/h1-3,8-12,14H,4-7,13H2,(H,22,24). The van der Waals surface area contributed by atoms with E-state index in [1.165, 1.54) is 24.3 Å². The fourth-order valence-electron chi connectivity index (χ4n) is 3.15. The highest BCUT2D eigenvalue weighted by Gasteiger charge is 2.28. The van der Waals surface area contributed by atoms with Crippen molar-refractivity contribution < 1.29 is 17.6 Å². The Hall–Kier alpha value is -2.12. The minimum absolute atomic E-state index is 0.0408. The molecule has 0 aromatic heterocycles. The summed E-state index contributed by atoms with van der Waals surface area (Å²) >= 11 is 5.83. The molecule has 27 heavy (non-hydrogen) atoms. The molecule has 5 nitrogen and oxygen atoms in total. The lowest BCUT2D eigenvalue weighted by atomic mass is 10.2. The Morgan fingerprint density at radius 3 is 2.44 bits per heavy atom. The van der Waals surface area contributed by atoms with Crippen molar-refractivity contribution in [3.63, 3.8) is 0 Å². The van der Waals surface area contributed by atoms with Crippen LogP contribution in [0.3, 0.4) is 0 Å². The van der Waals surface area contributed by atoms with E-state index in [0.717, 1.165) is 36.1 Å². The third-order valence-corrected chi connectivity index (χ3v) is 6.61. The van der Waals surface area contributed by atoms with Crippen LogP contribution in [0.25, 0.3) is 0 Å². The Balaban J connectivity index is 1.93. The molecule has 2 aromatic rings. The predicted molar refractivity (Wildman–Crippen MR) is 103 cm³/mol. The minimum atomic E-state index is -4.02. The van der Waals surface area contributed by atoms with E-state index in [9.17, 15) is 17.6 Å². The summed E-state index contributed by atoms with van der Waals surface area (Å²) in [5, 5.41) is 2.67. The quantitative estimate of drug-likeness (QED) is 0.789. The Bertz CT molecular complexity index is 916. The Kier molecular flexibility index (Phi) is 6.01. The molecule has 1 fully saturated rings. The molecule has 0 spiro atoms. The van der Waals surface area contributed by atoms with E-state index in [2.05, 4.69) is 5.32 Å². The molecule has 0 unspecified atom stereocenters. The molecule has 144 valence electrons. The van der Waals surface area contributed by atoms with Crippen LogP contribution < -0.4 is 9.62 Å². The van der Waals surface area contributed by atoms with Gasteiger partial charge in [-0.2, -0.15) is 0 Å². The van der Waals surface area contributed by atoms with Crippen LogP contribution in [0.5, 0.6) is 0 Å². The molecule has 1 N–H and O–H groups in total. The molecule has 0 heterocycles. The first-order valence-corrected chi connectivity index (χ1v) is 10.5. The molecule has 8 heteroatoms. The highest BCUT2D eigenvalue weighted by Crippen LogP contribution is 2.27. The zero-order chi connectivity index (χ0) is 19.4. The van der Waals surface area contributed by atoms with Crippen molar-refractivity contribution in [1.29, 1.82) is 0 Å². The van der Waals surface area contributed by atoms with Gasteiger partial charge < -0.3 is 5.32 Å². The lowest BCUT2D eigenvalue weighted by molar-refractivity contribution is -0.120. The molecule has 1 aliphatic rings. The Morgan fingerprint density at radius 1 is 1.15 bits per heavy atom.